The first-order valence-electron chi connectivity index (χ1n) is 6.41. The molecule has 0 aromatic heterocycles. The Labute approximate surface area is 125 Å². The van der Waals surface area contributed by atoms with E-state index in [4.69, 9.17) is 17.0 Å². The van der Waals surface area contributed by atoms with Gasteiger partial charge in [-0.05, 0) is 43.7 Å². The highest BCUT2D eigenvalue weighted by Crippen LogP contribution is 2.13. The molecule has 20 heavy (non-hydrogen) atoms. The molecule has 0 heterocycles. The van der Waals surface area contributed by atoms with E-state index in [1.165, 1.54) is 5.56 Å². The van der Waals surface area contributed by atoms with Gasteiger partial charge >= 0.3 is 0 Å². The van der Waals surface area contributed by atoms with Gasteiger partial charge in [0.1, 0.15) is 10.7 Å². The van der Waals surface area contributed by atoms with E-state index in [0.717, 1.165) is 17.0 Å². The van der Waals surface area contributed by atoms with E-state index in [1.807, 2.05) is 49.4 Å². The first-order valence-corrected chi connectivity index (χ1v) is 6.82. The monoisotopic (exact) mass is 283 g/mol. The van der Waals surface area contributed by atoms with Gasteiger partial charge in [0.05, 0.1) is 6.26 Å². The van der Waals surface area contributed by atoms with Crippen molar-refractivity contribution >= 4 is 22.9 Å². The molecule has 1 N–H and O–H groups in total. The lowest BCUT2D eigenvalue weighted by Gasteiger charge is -2.09. The zero-order valence-corrected chi connectivity index (χ0v) is 12.4. The molecular formula is C17H17NOS. The largest absolute Gasteiger partial charge is 0.465 e. The van der Waals surface area contributed by atoms with Gasteiger partial charge in [0.25, 0.3) is 0 Å². The number of rotatable bonds is 4. The quantitative estimate of drug-likeness (QED) is 0.498. The Hall–Kier alpha value is -2.13. The minimum absolute atomic E-state index is 0.659. The van der Waals surface area contributed by atoms with Crippen molar-refractivity contribution in [1.29, 1.82) is 0 Å². The van der Waals surface area contributed by atoms with Gasteiger partial charge < -0.3 is 10.1 Å². The van der Waals surface area contributed by atoms with Crippen LogP contribution in [0.1, 0.15) is 12.5 Å². The number of aryl methyl sites for hydroxylation is 1. The summed E-state index contributed by atoms with van der Waals surface area (Å²) in [6, 6.07) is 17.7. The predicted molar refractivity (Wildman–Crippen MR) is 88.2 cm³/mol. The summed E-state index contributed by atoms with van der Waals surface area (Å²) in [5.74, 6) is 0.796. The summed E-state index contributed by atoms with van der Waals surface area (Å²) >= 11 is 5.36. The van der Waals surface area contributed by atoms with E-state index in [1.54, 1.807) is 6.26 Å². The number of hydrogen-bond acceptors (Lipinski definition) is 2. The van der Waals surface area contributed by atoms with E-state index in [2.05, 4.69) is 24.4 Å². The summed E-state index contributed by atoms with van der Waals surface area (Å²) < 4.78 is 5.56. The highest BCUT2D eigenvalue weighted by molar-refractivity contribution is 7.81. The third-order valence-corrected chi connectivity index (χ3v) is 3.17. The Balaban J connectivity index is 1.98. The highest BCUT2D eigenvalue weighted by Gasteiger charge is 2.01. The summed E-state index contributed by atoms with van der Waals surface area (Å²) in [4.78, 5) is 0.659. The zero-order valence-electron chi connectivity index (χ0n) is 11.6. The van der Waals surface area contributed by atoms with Gasteiger partial charge in [-0.2, -0.15) is 0 Å². The Morgan fingerprint density at radius 1 is 1.10 bits per heavy atom. The van der Waals surface area contributed by atoms with E-state index < -0.39 is 0 Å². The number of ether oxygens (including phenoxy) is 1. The van der Waals surface area contributed by atoms with E-state index in [9.17, 15) is 0 Å². The molecule has 0 atom stereocenters. The van der Waals surface area contributed by atoms with Gasteiger partial charge in [0, 0.05) is 11.3 Å². The molecule has 0 saturated carbocycles. The molecule has 0 aliphatic rings. The van der Waals surface area contributed by atoms with Crippen LogP contribution in [0.25, 0.3) is 0 Å². The van der Waals surface area contributed by atoms with Crippen LogP contribution in [0, 0.1) is 6.92 Å². The lowest BCUT2D eigenvalue weighted by molar-refractivity contribution is 0.478. The molecule has 0 unspecified atom stereocenters. The van der Waals surface area contributed by atoms with Crippen LogP contribution in [0.15, 0.2) is 66.4 Å². The summed E-state index contributed by atoms with van der Waals surface area (Å²) in [6.07, 6.45) is 1.67. The van der Waals surface area contributed by atoms with Crippen molar-refractivity contribution in [3.8, 4) is 5.75 Å². The molecule has 0 saturated heterocycles. The van der Waals surface area contributed by atoms with Crippen LogP contribution in [0.5, 0.6) is 5.75 Å². The smallest absolute Gasteiger partial charge is 0.126 e. The third-order valence-electron chi connectivity index (χ3n) is 2.75. The summed E-state index contributed by atoms with van der Waals surface area (Å²) in [6.45, 7) is 3.98. The van der Waals surface area contributed by atoms with Gasteiger partial charge in [-0.3, -0.25) is 0 Å². The van der Waals surface area contributed by atoms with Crippen LogP contribution in [0.3, 0.4) is 0 Å². The second-order valence-electron chi connectivity index (χ2n) is 4.56. The van der Waals surface area contributed by atoms with Gasteiger partial charge in [0.15, 0.2) is 0 Å². The molecule has 2 nitrogen and oxygen atoms in total. The van der Waals surface area contributed by atoms with Crippen molar-refractivity contribution in [2.45, 2.75) is 13.8 Å². The lowest BCUT2D eigenvalue weighted by atomic mass is 10.2. The number of anilines is 1. The summed E-state index contributed by atoms with van der Waals surface area (Å²) in [5, 5.41) is 3.20. The van der Waals surface area contributed by atoms with Crippen molar-refractivity contribution in [3.05, 3.63) is 72.0 Å². The number of para-hydroxylation sites is 1. The SMILES string of the molecule is C/C(=C\Oc1ccccc1)C(=S)Nc1cccc(C)c1. The molecule has 0 fully saturated rings. The maximum Gasteiger partial charge on any atom is 0.126 e. The van der Waals surface area contributed by atoms with Crippen molar-refractivity contribution in [1.82, 2.24) is 0 Å². The molecule has 0 amide bonds. The highest BCUT2D eigenvalue weighted by atomic mass is 32.1. The molecule has 3 heteroatoms. The topological polar surface area (TPSA) is 21.3 Å². The minimum atomic E-state index is 0.659. The van der Waals surface area contributed by atoms with Crippen LogP contribution >= 0.6 is 12.2 Å². The molecule has 2 aromatic carbocycles. The maximum atomic E-state index is 5.56. The number of hydrogen-bond donors (Lipinski definition) is 1. The molecule has 102 valence electrons. The van der Waals surface area contributed by atoms with E-state index in [0.29, 0.717) is 4.99 Å². The number of nitrogens with one attached hydrogen (secondary N) is 1. The van der Waals surface area contributed by atoms with Gasteiger partial charge in [-0.25, -0.2) is 0 Å². The second-order valence-corrected chi connectivity index (χ2v) is 4.96. The van der Waals surface area contributed by atoms with Crippen LogP contribution in [0.4, 0.5) is 5.69 Å². The van der Waals surface area contributed by atoms with E-state index >= 15 is 0 Å². The maximum absolute atomic E-state index is 5.56. The molecule has 2 rings (SSSR count). The molecular weight excluding hydrogens is 266 g/mol. The molecule has 2 aromatic rings. The standard InChI is InChI=1S/C17H17NOS/c1-13-7-6-8-15(11-13)18-17(20)14(2)12-19-16-9-4-3-5-10-16/h3-12H,1-2H3,(H,18,20)/b14-12+. The van der Waals surface area contributed by atoms with Gasteiger partial charge in [-0.1, -0.05) is 42.5 Å². The Bertz CT molecular complexity index is 620. The Morgan fingerprint density at radius 2 is 1.85 bits per heavy atom. The van der Waals surface area contributed by atoms with Crippen LogP contribution in [-0.2, 0) is 0 Å². The molecule has 0 spiro atoms. The average molecular weight is 283 g/mol. The first-order chi connectivity index (χ1) is 9.65. The zero-order chi connectivity index (χ0) is 14.4. The molecule has 0 radical (unpaired) electrons. The molecule has 0 aliphatic carbocycles. The number of thiocarbonyl (C=S) groups is 1. The van der Waals surface area contributed by atoms with Crippen LogP contribution < -0.4 is 10.1 Å². The van der Waals surface area contributed by atoms with Crippen molar-refractivity contribution < 1.29 is 4.74 Å². The van der Waals surface area contributed by atoms with Gasteiger partial charge in [0.2, 0.25) is 0 Å². The third kappa shape index (κ3) is 4.21. The molecule has 0 bridgehead atoms. The average Bonchev–Trinajstić information content (AvgIpc) is 2.46. The minimum Gasteiger partial charge on any atom is -0.465 e. The fourth-order valence-corrected chi connectivity index (χ4v) is 1.83. The predicted octanol–water partition coefficient (Wildman–Crippen LogP) is 4.72. The summed E-state index contributed by atoms with van der Waals surface area (Å²) in [5.41, 5.74) is 3.06. The van der Waals surface area contributed by atoms with Gasteiger partial charge in [-0.15, -0.1) is 0 Å². The Kier molecular flexibility index (Phi) is 4.91. The van der Waals surface area contributed by atoms with Crippen LogP contribution in [-0.4, -0.2) is 4.99 Å². The normalized spacial score (nSPS) is 11.0. The first kappa shape index (κ1) is 14.3. The van der Waals surface area contributed by atoms with Crippen molar-refractivity contribution in [2.24, 2.45) is 0 Å². The Morgan fingerprint density at radius 3 is 2.55 bits per heavy atom. The van der Waals surface area contributed by atoms with E-state index in [-0.39, 0.29) is 0 Å². The lowest BCUT2D eigenvalue weighted by Crippen LogP contribution is -2.11. The van der Waals surface area contributed by atoms with Crippen molar-refractivity contribution in [2.75, 3.05) is 5.32 Å². The second kappa shape index (κ2) is 6.87. The molecule has 0 aliphatic heterocycles. The van der Waals surface area contributed by atoms with Crippen molar-refractivity contribution in [3.63, 3.8) is 0 Å². The fourth-order valence-electron chi connectivity index (χ4n) is 1.66. The fraction of sp³-hybridized carbons (Fsp3) is 0.118. The number of benzene rings is 2. The van der Waals surface area contributed by atoms with Crippen LogP contribution in [0.2, 0.25) is 0 Å². The summed E-state index contributed by atoms with van der Waals surface area (Å²) in [7, 11) is 0.